The Bertz CT molecular complexity index is 3120. The molecule has 4 heterocycles. The Labute approximate surface area is 308 Å². The van der Waals surface area contributed by atoms with Gasteiger partial charge in [0, 0.05) is 36.7 Å². The summed E-state index contributed by atoms with van der Waals surface area (Å²) >= 11 is 0. The first kappa shape index (κ1) is 32.2. The van der Waals surface area contributed by atoms with Crippen LogP contribution >= 0.6 is 0 Å². The fraction of sp³-hybridized carbons (Fsp3) is 0.227. The molecule has 10 heteroatoms. The molecular formula is C44H36N6O4. The molecule has 2 saturated carbocycles. The predicted octanol–water partition coefficient (Wildman–Crippen LogP) is 6.72. The highest BCUT2D eigenvalue weighted by Crippen LogP contribution is 2.44. The van der Waals surface area contributed by atoms with Gasteiger partial charge in [0.1, 0.15) is 22.4 Å². The second-order valence-electron chi connectivity index (χ2n) is 14.8. The van der Waals surface area contributed by atoms with Crippen LogP contribution in [0.25, 0.3) is 55.2 Å². The van der Waals surface area contributed by atoms with Crippen LogP contribution in [0, 0.1) is 0 Å². The molecule has 0 radical (unpaired) electrons. The number of fused-ring (bicyclic) bond motifs is 4. The number of rotatable bonds is 5. The largest absolute Gasteiger partial charge is 0.328 e. The van der Waals surface area contributed by atoms with Crippen LogP contribution in [0.1, 0.15) is 67.1 Å². The van der Waals surface area contributed by atoms with Crippen molar-refractivity contribution in [3.63, 3.8) is 0 Å². The van der Waals surface area contributed by atoms with E-state index in [1.165, 1.54) is 0 Å². The minimum absolute atomic E-state index is 0.0686. The Hall–Kier alpha value is -6.42. The molecule has 2 aliphatic rings. The molecule has 4 aromatic carbocycles. The van der Waals surface area contributed by atoms with E-state index in [-0.39, 0.29) is 50.5 Å². The third-order valence-corrected chi connectivity index (χ3v) is 11.6. The van der Waals surface area contributed by atoms with Gasteiger partial charge in [0.2, 0.25) is 10.9 Å². The van der Waals surface area contributed by atoms with Gasteiger partial charge in [-0.15, -0.1) is 0 Å². The Kier molecular flexibility index (Phi) is 7.20. The van der Waals surface area contributed by atoms with Gasteiger partial charge >= 0.3 is 0 Å². The van der Waals surface area contributed by atoms with E-state index in [1.807, 2.05) is 102 Å². The molecule has 4 aromatic heterocycles. The SMILES string of the molecule is Cn1c2ccccc2c(=O)c2c(=O)n(-c3cccc(C4CCC(c5nc6c(c(=O)c7ccccc7n6C)c(=O)n5-c5ccccc5)C4)c3)c(C3CC3)nc21. The lowest BCUT2D eigenvalue weighted by molar-refractivity contribution is 0.622. The molecule has 0 saturated heterocycles. The topological polar surface area (TPSA) is 114 Å². The van der Waals surface area contributed by atoms with Crippen LogP contribution in [-0.2, 0) is 14.1 Å². The minimum atomic E-state index is -0.368. The van der Waals surface area contributed by atoms with Crippen molar-refractivity contribution in [2.45, 2.75) is 49.9 Å². The summed E-state index contributed by atoms with van der Waals surface area (Å²) in [7, 11) is 3.71. The van der Waals surface area contributed by atoms with E-state index in [1.54, 1.807) is 21.3 Å². The second-order valence-corrected chi connectivity index (χ2v) is 14.8. The fourth-order valence-corrected chi connectivity index (χ4v) is 8.75. The van der Waals surface area contributed by atoms with Gasteiger partial charge in [-0.3, -0.25) is 28.3 Å². The van der Waals surface area contributed by atoms with Crippen molar-refractivity contribution in [2.24, 2.45) is 14.1 Å². The van der Waals surface area contributed by atoms with Crippen molar-refractivity contribution >= 4 is 43.9 Å². The molecule has 2 fully saturated rings. The molecule has 8 aromatic rings. The lowest BCUT2D eigenvalue weighted by atomic mass is 9.95. The Balaban J connectivity index is 1.09. The highest BCUT2D eigenvalue weighted by atomic mass is 16.1. The van der Waals surface area contributed by atoms with E-state index in [2.05, 4.69) is 12.1 Å². The first-order valence-electron chi connectivity index (χ1n) is 18.5. The lowest BCUT2D eigenvalue weighted by Gasteiger charge is -2.20. The summed E-state index contributed by atoms with van der Waals surface area (Å²) in [4.78, 5) is 66.7. The molecule has 0 bridgehead atoms. The van der Waals surface area contributed by atoms with Crippen molar-refractivity contribution in [2.75, 3.05) is 0 Å². The van der Waals surface area contributed by atoms with Gasteiger partial charge in [0.25, 0.3) is 11.1 Å². The van der Waals surface area contributed by atoms with Gasteiger partial charge in [0.05, 0.1) is 22.4 Å². The first-order valence-corrected chi connectivity index (χ1v) is 18.5. The van der Waals surface area contributed by atoms with E-state index < -0.39 is 0 Å². The van der Waals surface area contributed by atoms with E-state index in [9.17, 15) is 19.2 Å². The van der Waals surface area contributed by atoms with Gasteiger partial charge in [-0.1, -0.05) is 54.6 Å². The molecular weight excluding hydrogens is 677 g/mol. The van der Waals surface area contributed by atoms with Crippen LogP contribution in [0.2, 0.25) is 0 Å². The van der Waals surface area contributed by atoms with Crippen LogP contribution in [0.5, 0.6) is 0 Å². The van der Waals surface area contributed by atoms with Crippen LogP contribution in [0.3, 0.4) is 0 Å². The quantitative estimate of drug-likeness (QED) is 0.183. The number of benzene rings is 4. The van der Waals surface area contributed by atoms with Crippen LogP contribution < -0.4 is 22.0 Å². The number of aromatic nitrogens is 6. The average molecular weight is 713 g/mol. The molecule has 0 aliphatic heterocycles. The Morgan fingerprint density at radius 3 is 1.59 bits per heavy atom. The van der Waals surface area contributed by atoms with E-state index in [4.69, 9.17) is 9.97 Å². The molecule has 2 unspecified atom stereocenters. The van der Waals surface area contributed by atoms with Crippen molar-refractivity contribution in [3.8, 4) is 11.4 Å². The van der Waals surface area contributed by atoms with Crippen molar-refractivity contribution in [3.05, 3.63) is 161 Å². The molecule has 2 atom stereocenters. The van der Waals surface area contributed by atoms with Crippen molar-refractivity contribution in [1.82, 2.24) is 28.2 Å². The van der Waals surface area contributed by atoms with Gasteiger partial charge in [-0.05, 0) is 92.1 Å². The minimum Gasteiger partial charge on any atom is -0.328 e. The van der Waals surface area contributed by atoms with Crippen LogP contribution in [0.4, 0.5) is 0 Å². The molecule has 54 heavy (non-hydrogen) atoms. The fourth-order valence-electron chi connectivity index (χ4n) is 8.75. The number of hydrogen-bond donors (Lipinski definition) is 0. The highest BCUT2D eigenvalue weighted by Gasteiger charge is 2.34. The molecule has 0 N–H and O–H groups in total. The zero-order chi connectivity index (χ0) is 36.8. The summed E-state index contributed by atoms with van der Waals surface area (Å²) in [6.07, 6.45) is 4.23. The van der Waals surface area contributed by atoms with E-state index in [0.717, 1.165) is 48.7 Å². The third-order valence-electron chi connectivity index (χ3n) is 11.6. The molecule has 2 aliphatic carbocycles. The maximum absolute atomic E-state index is 14.5. The number of aryl methyl sites for hydroxylation is 2. The molecule has 0 amide bonds. The zero-order valence-electron chi connectivity index (χ0n) is 29.9. The monoisotopic (exact) mass is 712 g/mol. The van der Waals surface area contributed by atoms with Gasteiger partial charge in [-0.25, -0.2) is 9.97 Å². The van der Waals surface area contributed by atoms with E-state index in [0.29, 0.717) is 45.1 Å². The predicted molar refractivity (Wildman–Crippen MR) is 211 cm³/mol. The number of nitrogens with zero attached hydrogens (tertiary/aromatic N) is 6. The summed E-state index contributed by atoms with van der Waals surface area (Å²) in [6.45, 7) is 0. The summed E-state index contributed by atoms with van der Waals surface area (Å²) in [5.74, 6) is 1.52. The second kappa shape index (κ2) is 12.1. The van der Waals surface area contributed by atoms with Crippen LogP contribution in [0.15, 0.2) is 122 Å². The van der Waals surface area contributed by atoms with Crippen molar-refractivity contribution < 1.29 is 0 Å². The molecule has 0 spiro atoms. The third kappa shape index (κ3) is 4.79. The normalized spacial score (nSPS) is 17.3. The summed E-state index contributed by atoms with van der Waals surface area (Å²) in [5, 5.41) is 1.15. The first-order chi connectivity index (χ1) is 26.3. The highest BCUT2D eigenvalue weighted by molar-refractivity contribution is 5.92. The summed E-state index contributed by atoms with van der Waals surface area (Å²) in [6, 6.07) is 32.1. The maximum atomic E-state index is 14.5. The molecule has 266 valence electrons. The summed E-state index contributed by atoms with van der Waals surface area (Å²) < 4.78 is 7.00. The number of hydrogen-bond acceptors (Lipinski definition) is 6. The lowest BCUT2D eigenvalue weighted by Crippen LogP contribution is -2.30. The zero-order valence-corrected chi connectivity index (χ0v) is 29.9. The van der Waals surface area contributed by atoms with Gasteiger partial charge in [0.15, 0.2) is 11.3 Å². The Morgan fingerprint density at radius 2 is 1.00 bits per heavy atom. The average Bonchev–Trinajstić information content (AvgIpc) is 3.94. The van der Waals surface area contributed by atoms with Gasteiger partial charge < -0.3 is 9.13 Å². The van der Waals surface area contributed by atoms with Crippen LogP contribution in [-0.4, -0.2) is 28.2 Å². The number of pyridine rings is 2. The maximum Gasteiger partial charge on any atom is 0.271 e. The standard InChI is InChI=1S/C44H36N6O4/c1-47-33-17-8-7-16-32(33)38(52)36-41(47)45-39(25-19-20-25)50(44(36)54)30-14-10-11-26(24-30)27-21-22-28(23-27)40-46-42-35(43(53)49(40)29-12-4-3-5-13-29)37(51)31-15-6-9-18-34(31)48(42)2/h3-18,24-25,27-28H,19-23H2,1-2H3. The van der Waals surface area contributed by atoms with E-state index >= 15 is 0 Å². The summed E-state index contributed by atoms with van der Waals surface area (Å²) in [5.41, 5.74) is 3.36. The number of para-hydroxylation sites is 3. The molecule has 10 rings (SSSR count). The van der Waals surface area contributed by atoms with Crippen molar-refractivity contribution in [1.29, 1.82) is 0 Å². The molecule has 10 nitrogen and oxygen atoms in total. The Morgan fingerprint density at radius 1 is 0.519 bits per heavy atom. The smallest absolute Gasteiger partial charge is 0.271 e. The van der Waals surface area contributed by atoms with Gasteiger partial charge in [-0.2, -0.15) is 0 Å².